The standard InChI is InChI=1S/C15H23BO2/c1-2-3-12-4-6-13(7-5-12)14-8-10-15(11-9-14)16(17)18/h8-13,17-18H,2-7H2,1H3. The minimum absolute atomic E-state index is 0.582. The Morgan fingerprint density at radius 2 is 1.67 bits per heavy atom. The van der Waals surface area contributed by atoms with Crippen LogP contribution in [0.1, 0.15) is 56.9 Å². The van der Waals surface area contributed by atoms with E-state index in [1.807, 2.05) is 12.1 Å². The third-order valence-electron chi connectivity index (χ3n) is 4.25. The Labute approximate surface area is 110 Å². The van der Waals surface area contributed by atoms with Crippen molar-refractivity contribution in [3.8, 4) is 0 Å². The van der Waals surface area contributed by atoms with Crippen LogP contribution in [0.3, 0.4) is 0 Å². The zero-order valence-corrected chi connectivity index (χ0v) is 11.2. The van der Waals surface area contributed by atoms with Crippen LogP contribution in [0.5, 0.6) is 0 Å². The van der Waals surface area contributed by atoms with Crippen LogP contribution in [-0.2, 0) is 0 Å². The summed E-state index contributed by atoms with van der Waals surface area (Å²) in [6, 6.07) is 7.77. The highest BCUT2D eigenvalue weighted by Gasteiger charge is 2.22. The zero-order valence-electron chi connectivity index (χ0n) is 11.2. The first kappa shape index (κ1) is 13.6. The minimum atomic E-state index is -1.35. The van der Waals surface area contributed by atoms with Crippen molar-refractivity contribution < 1.29 is 10.0 Å². The molecule has 18 heavy (non-hydrogen) atoms. The third-order valence-corrected chi connectivity index (χ3v) is 4.25. The van der Waals surface area contributed by atoms with Crippen molar-refractivity contribution in [1.82, 2.24) is 0 Å². The van der Waals surface area contributed by atoms with Gasteiger partial charge in [0.2, 0.25) is 0 Å². The van der Waals surface area contributed by atoms with Gasteiger partial charge in [-0.15, -0.1) is 0 Å². The molecule has 1 aliphatic rings. The summed E-state index contributed by atoms with van der Waals surface area (Å²) in [5, 5.41) is 18.1. The molecule has 1 aliphatic carbocycles. The van der Waals surface area contributed by atoms with Crippen molar-refractivity contribution >= 4 is 12.6 Å². The molecule has 1 aromatic rings. The molecule has 0 unspecified atom stereocenters. The molecule has 0 atom stereocenters. The maximum Gasteiger partial charge on any atom is 0.488 e. The highest BCUT2D eigenvalue weighted by Crippen LogP contribution is 2.37. The normalized spacial score (nSPS) is 23.9. The summed E-state index contributed by atoms with van der Waals surface area (Å²) in [5.74, 6) is 1.60. The molecule has 0 spiro atoms. The molecular weight excluding hydrogens is 223 g/mol. The van der Waals surface area contributed by atoms with Crippen LogP contribution in [0, 0.1) is 5.92 Å². The number of rotatable bonds is 4. The lowest BCUT2D eigenvalue weighted by molar-refractivity contribution is 0.308. The molecule has 0 amide bonds. The molecule has 2 rings (SSSR count). The van der Waals surface area contributed by atoms with Crippen molar-refractivity contribution in [2.75, 3.05) is 0 Å². The van der Waals surface area contributed by atoms with Gasteiger partial charge in [0.25, 0.3) is 0 Å². The topological polar surface area (TPSA) is 40.5 Å². The monoisotopic (exact) mass is 246 g/mol. The van der Waals surface area contributed by atoms with E-state index in [1.54, 1.807) is 0 Å². The predicted molar refractivity (Wildman–Crippen MR) is 75.9 cm³/mol. The molecular formula is C15H23BO2. The van der Waals surface area contributed by atoms with E-state index in [9.17, 15) is 0 Å². The van der Waals surface area contributed by atoms with E-state index in [0.717, 1.165) is 5.92 Å². The van der Waals surface area contributed by atoms with Gasteiger partial charge in [-0.25, -0.2) is 0 Å². The summed E-state index contributed by atoms with van der Waals surface area (Å²) < 4.78 is 0. The summed E-state index contributed by atoms with van der Waals surface area (Å²) in [6.07, 6.45) is 7.95. The summed E-state index contributed by atoms with van der Waals surface area (Å²) in [4.78, 5) is 0. The van der Waals surface area contributed by atoms with Gasteiger partial charge in [-0.05, 0) is 48.5 Å². The fourth-order valence-electron chi connectivity index (χ4n) is 3.13. The zero-order chi connectivity index (χ0) is 13.0. The maximum absolute atomic E-state index is 9.07. The summed E-state index contributed by atoms with van der Waals surface area (Å²) in [7, 11) is -1.35. The Bertz CT molecular complexity index is 353. The fraction of sp³-hybridized carbons (Fsp3) is 0.600. The lowest BCUT2D eigenvalue weighted by Gasteiger charge is -2.28. The van der Waals surface area contributed by atoms with Crippen molar-refractivity contribution in [3.05, 3.63) is 29.8 Å². The Hall–Kier alpha value is -0.795. The highest BCUT2D eigenvalue weighted by atomic mass is 16.4. The first-order valence-corrected chi connectivity index (χ1v) is 7.16. The Kier molecular flexibility index (Phi) is 4.84. The van der Waals surface area contributed by atoms with E-state index < -0.39 is 7.12 Å². The van der Waals surface area contributed by atoms with Gasteiger partial charge in [0.15, 0.2) is 0 Å². The second-order valence-corrected chi connectivity index (χ2v) is 5.55. The lowest BCUT2D eigenvalue weighted by Crippen LogP contribution is -2.29. The van der Waals surface area contributed by atoms with Gasteiger partial charge in [0, 0.05) is 0 Å². The summed E-state index contributed by atoms with van der Waals surface area (Å²) in [6.45, 7) is 2.27. The van der Waals surface area contributed by atoms with Crippen LogP contribution in [0.2, 0.25) is 0 Å². The lowest BCUT2D eigenvalue weighted by atomic mass is 9.75. The second-order valence-electron chi connectivity index (χ2n) is 5.55. The van der Waals surface area contributed by atoms with Gasteiger partial charge in [-0.1, -0.05) is 44.0 Å². The van der Waals surface area contributed by atoms with Gasteiger partial charge in [-0.3, -0.25) is 0 Å². The fourth-order valence-corrected chi connectivity index (χ4v) is 3.13. The average molecular weight is 246 g/mol. The van der Waals surface area contributed by atoms with Crippen LogP contribution in [0.25, 0.3) is 0 Å². The van der Waals surface area contributed by atoms with E-state index in [2.05, 4.69) is 19.1 Å². The van der Waals surface area contributed by atoms with Crippen molar-refractivity contribution in [1.29, 1.82) is 0 Å². The van der Waals surface area contributed by atoms with E-state index >= 15 is 0 Å². The summed E-state index contributed by atoms with van der Waals surface area (Å²) >= 11 is 0. The molecule has 0 aliphatic heterocycles. The van der Waals surface area contributed by atoms with Gasteiger partial charge in [0.1, 0.15) is 0 Å². The molecule has 3 heteroatoms. The van der Waals surface area contributed by atoms with Crippen molar-refractivity contribution in [3.63, 3.8) is 0 Å². The van der Waals surface area contributed by atoms with Gasteiger partial charge >= 0.3 is 7.12 Å². The molecule has 98 valence electrons. The number of hydrogen-bond acceptors (Lipinski definition) is 2. The average Bonchev–Trinajstić information content (AvgIpc) is 2.40. The SMILES string of the molecule is CCCC1CCC(c2ccc(B(O)O)cc2)CC1. The van der Waals surface area contributed by atoms with Crippen LogP contribution < -0.4 is 5.46 Å². The molecule has 1 saturated carbocycles. The van der Waals surface area contributed by atoms with E-state index in [1.165, 1.54) is 44.1 Å². The minimum Gasteiger partial charge on any atom is -0.423 e. The molecule has 0 saturated heterocycles. The molecule has 0 heterocycles. The first-order chi connectivity index (χ1) is 8.70. The molecule has 1 aromatic carbocycles. The summed E-state index contributed by atoms with van der Waals surface area (Å²) in [5.41, 5.74) is 1.94. The van der Waals surface area contributed by atoms with E-state index in [0.29, 0.717) is 11.4 Å². The molecule has 1 fully saturated rings. The van der Waals surface area contributed by atoms with Crippen LogP contribution in [0.4, 0.5) is 0 Å². The smallest absolute Gasteiger partial charge is 0.423 e. The molecule has 2 N–H and O–H groups in total. The van der Waals surface area contributed by atoms with Gasteiger partial charge in [0.05, 0.1) is 0 Å². The maximum atomic E-state index is 9.07. The van der Waals surface area contributed by atoms with Crippen molar-refractivity contribution in [2.45, 2.75) is 51.4 Å². The van der Waals surface area contributed by atoms with Crippen LogP contribution in [0.15, 0.2) is 24.3 Å². The molecule has 0 bridgehead atoms. The van der Waals surface area contributed by atoms with E-state index in [4.69, 9.17) is 10.0 Å². The third kappa shape index (κ3) is 3.36. The molecule has 2 nitrogen and oxygen atoms in total. The highest BCUT2D eigenvalue weighted by molar-refractivity contribution is 6.58. The van der Waals surface area contributed by atoms with Crippen LogP contribution >= 0.6 is 0 Å². The second kappa shape index (κ2) is 6.39. The molecule has 0 radical (unpaired) electrons. The first-order valence-electron chi connectivity index (χ1n) is 7.16. The van der Waals surface area contributed by atoms with Gasteiger partial charge in [-0.2, -0.15) is 0 Å². The van der Waals surface area contributed by atoms with Gasteiger partial charge < -0.3 is 10.0 Å². The number of hydrogen-bond donors (Lipinski definition) is 2. The largest absolute Gasteiger partial charge is 0.488 e. The predicted octanol–water partition coefficient (Wildman–Crippen LogP) is 2.44. The molecule has 0 aromatic heterocycles. The Balaban J connectivity index is 1.93. The van der Waals surface area contributed by atoms with E-state index in [-0.39, 0.29) is 0 Å². The quantitative estimate of drug-likeness (QED) is 0.801. The number of benzene rings is 1. The Morgan fingerprint density at radius 3 is 2.17 bits per heavy atom. The van der Waals surface area contributed by atoms with Crippen LogP contribution in [-0.4, -0.2) is 17.2 Å². The Morgan fingerprint density at radius 1 is 1.06 bits per heavy atom. The van der Waals surface area contributed by atoms with Crippen molar-refractivity contribution in [2.24, 2.45) is 5.92 Å².